The zero-order valence-corrected chi connectivity index (χ0v) is 35.9. The van der Waals surface area contributed by atoms with E-state index in [-0.39, 0.29) is 0 Å². The molecule has 11 aromatic carbocycles. The maximum Gasteiger partial charge on any atom is 0.0540 e. The first kappa shape index (κ1) is 39.3. The lowest BCUT2D eigenvalue weighted by molar-refractivity contribution is 1.28. The summed E-state index contributed by atoms with van der Waals surface area (Å²) in [5.74, 6) is 0. The van der Waals surface area contributed by atoms with Gasteiger partial charge in [-0.1, -0.05) is 231 Å². The van der Waals surface area contributed by atoms with Crippen molar-refractivity contribution < 1.29 is 0 Å². The van der Waals surface area contributed by atoms with E-state index >= 15 is 0 Å². The van der Waals surface area contributed by atoms with E-state index in [1.165, 1.54) is 72.0 Å². The molecule has 0 amide bonds. The summed E-state index contributed by atoms with van der Waals surface area (Å²) < 4.78 is 0. The zero-order chi connectivity index (χ0) is 43.4. The minimum Gasteiger partial charge on any atom is -0.310 e. The van der Waals surface area contributed by atoms with Crippen molar-refractivity contribution in [2.45, 2.75) is 0 Å². The molecule has 0 aliphatic carbocycles. The molecule has 65 heavy (non-hydrogen) atoms. The summed E-state index contributed by atoms with van der Waals surface area (Å²) >= 11 is 0. The summed E-state index contributed by atoms with van der Waals surface area (Å²) in [6, 6.07) is 98.8. The molecule has 0 saturated carbocycles. The van der Waals surface area contributed by atoms with Gasteiger partial charge in [0.2, 0.25) is 0 Å². The monoisotopic (exact) mass is 827 g/mol. The highest BCUT2D eigenvalue weighted by Gasteiger charge is 2.20. The van der Waals surface area contributed by atoms with Crippen molar-refractivity contribution in [1.82, 2.24) is 0 Å². The van der Waals surface area contributed by atoms with Crippen molar-refractivity contribution in [3.05, 3.63) is 273 Å². The minimum absolute atomic E-state index is 1.08. The predicted molar refractivity (Wildman–Crippen MR) is 277 cm³/mol. The van der Waals surface area contributed by atoms with Crippen LogP contribution in [-0.2, 0) is 0 Å². The Morgan fingerprint density at radius 3 is 1.18 bits per heavy atom. The minimum atomic E-state index is 1.08. The van der Waals surface area contributed by atoms with Crippen LogP contribution in [0.15, 0.2) is 273 Å². The van der Waals surface area contributed by atoms with Gasteiger partial charge in [0.05, 0.1) is 5.69 Å². The van der Waals surface area contributed by atoms with E-state index in [1.54, 1.807) is 0 Å². The lowest BCUT2D eigenvalue weighted by Gasteiger charge is -2.29. The Labute approximate surface area is 381 Å². The van der Waals surface area contributed by atoms with Gasteiger partial charge in [0.1, 0.15) is 0 Å². The number of hydrogen-bond acceptors (Lipinski definition) is 1. The number of benzene rings is 11. The van der Waals surface area contributed by atoms with E-state index in [2.05, 4.69) is 278 Å². The maximum atomic E-state index is 2.41. The average Bonchev–Trinajstić information content (AvgIpc) is 3.40. The summed E-state index contributed by atoms with van der Waals surface area (Å²) in [7, 11) is 0. The molecule has 11 aromatic rings. The van der Waals surface area contributed by atoms with E-state index in [0.717, 1.165) is 33.8 Å². The molecular formula is C64H45N. The molecule has 0 fully saturated rings. The predicted octanol–water partition coefficient (Wildman–Crippen LogP) is 18.0. The molecule has 0 atom stereocenters. The Kier molecular flexibility index (Phi) is 10.7. The van der Waals surface area contributed by atoms with Crippen molar-refractivity contribution in [2.24, 2.45) is 0 Å². The van der Waals surface area contributed by atoms with Gasteiger partial charge < -0.3 is 4.90 Å². The molecule has 0 saturated heterocycles. The van der Waals surface area contributed by atoms with E-state index in [1.807, 2.05) is 0 Å². The second kappa shape index (κ2) is 17.7. The van der Waals surface area contributed by atoms with Gasteiger partial charge in [-0.05, 0) is 126 Å². The Hall–Kier alpha value is -8.52. The highest BCUT2D eigenvalue weighted by atomic mass is 15.1. The van der Waals surface area contributed by atoms with E-state index in [9.17, 15) is 0 Å². The van der Waals surface area contributed by atoms with Crippen LogP contribution >= 0.6 is 0 Å². The van der Waals surface area contributed by atoms with Gasteiger partial charge in [-0.2, -0.15) is 0 Å². The van der Waals surface area contributed by atoms with Gasteiger partial charge in [0, 0.05) is 16.9 Å². The van der Waals surface area contributed by atoms with Gasteiger partial charge in [-0.15, -0.1) is 0 Å². The molecule has 1 nitrogen and oxygen atoms in total. The van der Waals surface area contributed by atoms with Gasteiger partial charge in [0.25, 0.3) is 0 Å². The number of anilines is 3. The van der Waals surface area contributed by atoms with Crippen LogP contribution in [0.25, 0.3) is 88.7 Å². The van der Waals surface area contributed by atoms with Crippen molar-refractivity contribution in [2.75, 3.05) is 4.90 Å². The number of nitrogens with zero attached hydrogens (tertiary/aromatic N) is 1. The molecule has 0 radical (unpaired) electrons. The highest BCUT2D eigenvalue weighted by molar-refractivity contribution is 6.04. The SMILES string of the molecule is c1ccc(-c2ccc(N(c3ccc(-c4ccc(-c5ccccc5)c(-c5ccccc5)c4)cc3)c3ccc(-c4ccc5ccccc5c4-c4ccccc4)cc3)c(-c3ccccc3)c2)cc1. The first-order valence-corrected chi connectivity index (χ1v) is 22.3. The summed E-state index contributed by atoms with van der Waals surface area (Å²) in [6.07, 6.45) is 0. The highest BCUT2D eigenvalue weighted by Crippen LogP contribution is 2.45. The molecule has 0 aromatic heterocycles. The van der Waals surface area contributed by atoms with Crippen molar-refractivity contribution >= 4 is 27.8 Å². The molecule has 0 aliphatic heterocycles. The van der Waals surface area contributed by atoms with Crippen LogP contribution < -0.4 is 4.90 Å². The van der Waals surface area contributed by atoms with Crippen LogP contribution in [0.1, 0.15) is 0 Å². The van der Waals surface area contributed by atoms with E-state index in [0.29, 0.717) is 0 Å². The molecule has 1 heteroatoms. The van der Waals surface area contributed by atoms with Crippen LogP contribution in [0, 0.1) is 0 Å². The average molecular weight is 828 g/mol. The Bertz CT molecular complexity index is 3360. The molecule has 0 bridgehead atoms. The van der Waals surface area contributed by atoms with Crippen molar-refractivity contribution in [3.8, 4) is 77.9 Å². The van der Waals surface area contributed by atoms with E-state index in [4.69, 9.17) is 0 Å². The van der Waals surface area contributed by atoms with Gasteiger partial charge in [0.15, 0.2) is 0 Å². The van der Waals surface area contributed by atoms with E-state index < -0.39 is 0 Å². The summed E-state index contributed by atoms with van der Waals surface area (Å²) in [5.41, 5.74) is 20.0. The van der Waals surface area contributed by atoms with Crippen LogP contribution in [0.2, 0.25) is 0 Å². The first-order valence-electron chi connectivity index (χ1n) is 22.3. The smallest absolute Gasteiger partial charge is 0.0540 e. The fourth-order valence-corrected chi connectivity index (χ4v) is 9.29. The third kappa shape index (κ3) is 7.93. The van der Waals surface area contributed by atoms with Crippen LogP contribution in [0.3, 0.4) is 0 Å². The summed E-state index contributed by atoms with van der Waals surface area (Å²) in [5, 5.41) is 2.48. The lowest BCUT2D eigenvalue weighted by Crippen LogP contribution is -2.11. The lowest BCUT2D eigenvalue weighted by atomic mass is 9.89. The van der Waals surface area contributed by atoms with Crippen molar-refractivity contribution in [3.63, 3.8) is 0 Å². The second-order valence-electron chi connectivity index (χ2n) is 16.5. The molecule has 11 rings (SSSR count). The Morgan fingerprint density at radius 1 is 0.215 bits per heavy atom. The molecule has 0 heterocycles. The Morgan fingerprint density at radius 2 is 0.600 bits per heavy atom. The molecule has 0 aliphatic rings. The maximum absolute atomic E-state index is 2.41. The quantitative estimate of drug-likeness (QED) is 0.133. The fourth-order valence-electron chi connectivity index (χ4n) is 9.29. The van der Waals surface area contributed by atoms with Crippen LogP contribution in [-0.4, -0.2) is 0 Å². The third-order valence-electron chi connectivity index (χ3n) is 12.5. The number of hydrogen-bond donors (Lipinski definition) is 0. The zero-order valence-electron chi connectivity index (χ0n) is 35.9. The standard InChI is InChI=1S/C64H45N/c1-6-18-46(19-7-1)55-36-43-63(62(45-55)50-24-12-4-13-25-50)65(57-39-32-52(33-40-57)60-42-34-51-26-16-17-29-59(51)64(60)53-27-14-5-15-28-53)56-37-30-47(31-38-56)54-35-41-58(48-20-8-2-9-21-48)61(44-54)49-22-10-3-11-23-49/h1-45H. The van der Waals surface area contributed by atoms with Gasteiger partial charge >= 0.3 is 0 Å². The third-order valence-corrected chi connectivity index (χ3v) is 12.5. The second-order valence-corrected chi connectivity index (χ2v) is 16.5. The van der Waals surface area contributed by atoms with Gasteiger partial charge in [-0.3, -0.25) is 0 Å². The fraction of sp³-hybridized carbons (Fsp3) is 0. The first-order chi connectivity index (χ1) is 32.2. The summed E-state index contributed by atoms with van der Waals surface area (Å²) in [6.45, 7) is 0. The number of fused-ring (bicyclic) bond motifs is 1. The topological polar surface area (TPSA) is 3.24 Å². The molecule has 306 valence electrons. The molecule has 0 spiro atoms. The largest absolute Gasteiger partial charge is 0.310 e. The van der Waals surface area contributed by atoms with Gasteiger partial charge in [-0.25, -0.2) is 0 Å². The Balaban J connectivity index is 1.05. The number of rotatable bonds is 10. The van der Waals surface area contributed by atoms with Crippen LogP contribution in [0.4, 0.5) is 17.1 Å². The molecule has 0 N–H and O–H groups in total. The van der Waals surface area contributed by atoms with Crippen molar-refractivity contribution in [1.29, 1.82) is 0 Å². The van der Waals surface area contributed by atoms with Crippen LogP contribution in [0.5, 0.6) is 0 Å². The normalized spacial score (nSPS) is 11.1. The molecular weight excluding hydrogens is 783 g/mol. The molecule has 0 unspecified atom stereocenters. The summed E-state index contributed by atoms with van der Waals surface area (Å²) in [4.78, 5) is 2.41.